The number of carbonyl (C=O) groups is 1. The first-order chi connectivity index (χ1) is 11.1. The van der Waals surface area contributed by atoms with Crippen molar-refractivity contribution in [2.24, 2.45) is 0 Å². The average Bonchev–Trinajstić information content (AvgIpc) is 2.95. The van der Waals surface area contributed by atoms with Crippen LogP contribution in [0.2, 0.25) is 0 Å². The number of rotatable bonds is 3. The highest BCUT2D eigenvalue weighted by molar-refractivity contribution is 5.69. The molecule has 1 amide bonds. The largest absolute Gasteiger partial charge is 0.444 e. The third-order valence-corrected chi connectivity index (χ3v) is 4.31. The summed E-state index contributed by atoms with van der Waals surface area (Å²) in [6.45, 7) is 7.06. The van der Waals surface area contributed by atoms with Gasteiger partial charge in [-0.25, -0.2) is 9.18 Å². The van der Waals surface area contributed by atoms with Crippen molar-refractivity contribution in [1.29, 1.82) is 0 Å². The van der Waals surface area contributed by atoms with Crippen molar-refractivity contribution in [1.82, 2.24) is 4.90 Å². The second-order valence-corrected chi connectivity index (χ2v) is 7.44. The highest BCUT2D eigenvalue weighted by Crippen LogP contribution is 2.37. The molecule has 0 saturated carbocycles. The van der Waals surface area contributed by atoms with E-state index in [-0.39, 0.29) is 6.61 Å². The Morgan fingerprint density at radius 1 is 1.38 bits per heavy atom. The predicted molar refractivity (Wildman–Crippen MR) is 87.9 cm³/mol. The Kier molecular flexibility index (Phi) is 5.20. The zero-order valence-electron chi connectivity index (χ0n) is 14.7. The molecular weight excluding hydrogens is 313 g/mol. The third-order valence-electron chi connectivity index (χ3n) is 4.31. The van der Waals surface area contributed by atoms with Gasteiger partial charge in [-0.15, -0.1) is 0 Å². The van der Waals surface area contributed by atoms with Crippen LogP contribution in [0.25, 0.3) is 0 Å². The lowest BCUT2D eigenvalue weighted by atomic mass is 9.84. The third kappa shape index (κ3) is 3.87. The van der Waals surface area contributed by atoms with Gasteiger partial charge in [0.2, 0.25) is 0 Å². The van der Waals surface area contributed by atoms with Gasteiger partial charge in [-0.1, -0.05) is 6.07 Å². The maximum absolute atomic E-state index is 13.4. The first-order valence-electron chi connectivity index (χ1n) is 8.18. The van der Waals surface area contributed by atoms with Crippen LogP contribution in [0.5, 0.6) is 0 Å². The molecule has 1 heterocycles. The second kappa shape index (κ2) is 6.69. The topological polar surface area (TPSA) is 70.0 Å². The molecule has 1 aliphatic heterocycles. The molecule has 1 aliphatic rings. The summed E-state index contributed by atoms with van der Waals surface area (Å²) in [5.74, 6) is -0.478. The average molecular weight is 339 g/mol. The molecule has 0 aromatic heterocycles. The van der Waals surface area contributed by atoms with Crippen LogP contribution in [0.1, 0.15) is 51.7 Å². The zero-order valence-corrected chi connectivity index (χ0v) is 14.7. The number of hydrogen-bond acceptors (Lipinski definition) is 4. The summed E-state index contributed by atoms with van der Waals surface area (Å²) in [4.78, 5) is 14.0. The fourth-order valence-corrected chi connectivity index (χ4v) is 3.26. The van der Waals surface area contributed by atoms with Crippen LogP contribution in [0, 0.1) is 5.82 Å². The van der Waals surface area contributed by atoms with E-state index in [9.17, 15) is 19.4 Å². The van der Waals surface area contributed by atoms with Gasteiger partial charge < -0.3 is 19.8 Å². The Morgan fingerprint density at radius 3 is 2.62 bits per heavy atom. The van der Waals surface area contributed by atoms with E-state index in [0.29, 0.717) is 24.1 Å². The Balaban J connectivity index is 2.32. The molecular formula is C18H26FNO4. The van der Waals surface area contributed by atoms with Crippen molar-refractivity contribution in [2.75, 3.05) is 6.54 Å². The number of carbonyl (C=O) groups excluding carboxylic acids is 1. The Hall–Kier alpha value is -1.66. The number of nitrogens with zero attached hydrogens (tertiary/aromatic N) is 1. The van der Waals surface area contributed by atoms with E-state index in [0.717, 1.165) is 6.42 Å². The van der Waals surface area contributed by atoms with Crippen molar-refractivity contribution in [2.45, 2.75) is 64.4 Å². The van der Waals surface area contributed by atoms with E-state index >= 15 is 0 Å². The summed E-state index contributed by atoms with van der Waals surface area (Å²) in [5.41, 5.74) is -1.30. The van der Waals surface area contributed by atoms with Gasteiger partial charge >= 0.3 is 6.09 Å². The van der Waals surface area contributed by atoms with Crippen LogP contribution in [0.4, 0.5) is 9.18 Å². The molecule has 24 heavy (non-hydrogen) atoms. The Morgan fingerprint density at radius 2 is 2.04 bits per heavy atom. The van der Waals surface area contributed by atoms with Crippen molar-refractivity contribution in [3.05, 3.63) is 35.1 Å². The van der Waals surface area contributed by atoms with E-state index in [4.69, 9.17) is 4.74 Å². The highest BCUT2D eigenvalue weighted by Gasteiger charge is 2.44. The van der Waals surface area contributed by atoms with Crippen molar-refractivity contribution < 1.29 is 24.1 Å². The molecule has 2 atom stereocenters. The molecule has 0 spiro atoms. The van der Waals surface area contributed by atoms with Gasteiger partial charge in [-0.05, 0) is 63.8 Å². The van der Waals surface area contributed by atoms with Gasteiger partial charge in [0.25, 0.3) is 0 Å². The molecule has 6 heteroatoms. The zero-order chi connectivity index (χ0) is 18.1. The van der Waals surface area contributed by atoms with Gasteiger partial charge in [0.15, 0.2) is 0 Å². The standard InChI is InChI=1S/C18H26FNO4/c1-17(2,3)24-16(22)20-9-5-6-15(20)18(4,23)14-8-7-13(19)10-12(14)11-21/h7-8,10,15,21,23H,5-6,9,11H2,1-4H3. The molecule has 2 N–H and O–H groups in total. The van der Waals surface area contributed by atoms with Gasteiger partial charge in [0.1, 0.15) is 17.0 Å². The number of halogens is 1. The number of hydrogen-bond donors (Lipinski definition) is 2. The van der Waals surface area contributed by atoms with Crippen molar-refractivity contribution in [3.8, 4) is 0 Å². The number of benzene rings is 1. The summed E-state index contributed by atoms with van der Waals surface area (Å²) < 4.78 is 18.8. The Bertz CT molecular complexity index is 610. The number of aliphatic hydroxyl groups excluding tert-OH is 1. The number of amides is 1. The van der Waals surface area contributed by atoms with E-state index in [1.165, 1.54) is 23.1 Å². The molecule has 1 fully saturated rings. The van der Waals surface area contributed by atoms with Crippen molar-refractivity contribution in [3.63, 3.8) is 0 Å². The highest BCUT2D eigenvalue weighted by atomic mass is 19.1. The fraction of sp³-hybridized carbons (Fsp3) is 0.611. The first kappa shape index (κ1) is 18.7. The van der Waals surface area contributed by atoms with Gasteiger partial charge in [0, 0.05) is 6.54 Å². The quantitative estimate of drug-likeness (QED) is 0.888. The lowest BCUT2D eigenvalue weighted by Crippen LogP contribution is -2.49. The maximum atomic E-state index is 13.4. The fourth-order valence-electron chi connectivity index (χ4n) is 3.26. The van der Waals surface area contributed by atoms with Crippen LogP contribution in [-0.4, -0.2) is 39.4 Å². The molecule has 1 aromatic rings. The lowest BCUT2D eigenvalue weighted by molar-refractivity contribution is -0.0379. The molecule has 1 saturated heterocycles. The smallest absolute Gasteiger partial charge is 0.410 e. The molecule has 0 aliphatic carbocycles. The van der Waals surface area contributed by atoms with Crippen LogP contribution >= 0.6 is 0 Å². The first-order valence-corrected chi connectivity index (χ1v) is 8.18. The number of ether oxygens (including phenoxy) is 1. The molecule has 0 bridgehead atoms. The van der Waals surface area contributed by atoms with Crippen LogP contribution in [-0.2, 0) is 16.9 Å². The van der Waals surface area contributed by atoms with E-state index in [1.807, 2.05) is 0 Å². The van der Waals surface area contributed by atoms with Gasteiger partial charge in [-0.2, -0.15) is 0 Å². The molecule has 2 rings (SSSR count). The van der Waals surface area contributed by atoms with Crippen LogP contribution < -0.4 is 0 Å². The summed E-state index contributed by atoms with van der Waals surface area (Å²) in [5, 5.41) is 20.6. The minimum Gasteiger partial charge on any atom is -0.444 e. The molecule has 2 unspecified atom stereocenters. The second-order valence-electron chi connectivity index (χ2n) is 7.44. The summed E-state index contributed by atoms with van der Waals surface area (Å²) in [7, 11) is 0. The normalized spacial score (nSPS) is 20.8. The summed E-state index contributed by atoms with van der Waals surface area (Å²) in [6.07, 6.45) is 0.877. The molecule has 1 aromatic carbocycles. The van der Waals surface area contributed by atoms with E-state index < -0.39 is 29.2 Å². The molecule has 134 valence electrons. The molecule has 0 radical (unpaired) electrons. The predicted octanol–water partition coefficient (Wildman–Crippen LogP) is 2.93. The van der Waals surface area contributed by atoms with E-state index in [1.54, 1.807) is 27.7 Å². The van der Waals surface area contributed by atoms with E-state index in [2.05, 4.69) is 0 Å². The minimum absolute atomic E-state index is 0.316. The van der Waals surface area contributed by atoms with Gasteiger partial charge in [-0.3, -0.25) is 0 Å². The maximum Gasteiger partial charge on any atom is 0.410 e. The number of likely N-dealkylation sites (tertiary alicyclic amines) is 1. The van der Waals surface area contributed by atoms with Gasteiger partial charge in [0.05, 0.1) is 12.6 Å². The SMILES string of the molecule is CC(C)(C)OC(=O)N1CCCC1C(C)(O)c1ccc(F)cc1CO. The summed E-state index contributed by atoms with van der Waals surface area (Å²) >= 11 is 0. The van der Waals surface area contributed by atoms with Crippen LogP contribution in [0.3, 0.4) is 0 Å². The number of aliphatic hydroxyl groups is 2. The lowest BCUT2D eigenvalue weighted by Gasteiger charge is -2.38. The minimum atomic E-state index is -1.42. The van der Waals surface area contributed by atoms with Crippen molar-refractivity contribution >= 4 is 6.09 Å². The monoisotopic (exact) mass is 339 g/mol. The summed E-state index contributed by atoms with van der Waals surface area (Å²) in [6, 6.07) is 3.42. The molecule has 5 nitrogen and oxygen atoms in total. The van der Waals surface area contributed by atoms with Crippen LogP contribution in [0.15, 0.2) is 18.2 Å². The Labute approximate surface area is 142 Å².